The van der Waals surface area contributed by atoms with Gasteiger partial charge in [-0.2, -0.15) is 0 Å². The largest absolute Gasteiger partial charge is 0.486 e. The zero-order chi connectivity index (χ0) is 13.8. The van der Waals surface area contributed by atoms with E-state index in [-0.39, 0.29) is 0 Å². The van der Waals surface area contributed by atoms with Crippen LogP contribution in [0.2, 0.25) is 0 Å². The lowest BCUT2D eigenvalue weighted by atomic mass is 10.1. The molecule has 1 aromatic rings. The van der Waals surface area contributed by atoms with Crippen molar-refractivity contribution in [2.45, 2.75) is 25.8 Å². The summed E-state index contributed by atoms with van der Waals surface area (Å²) in [7, 11) is 0. The van der Waals surface area contributed by atoms with E-state index in [1.54, 1.807) is 0 Å². The highest BCUT2D eigenvalue weighted by molar-refractivity contribution is 5.43. The minimum atomic E-state index is 0.647. The van der Waals surface area contributed by atoms with E-state index >= 15 is 0 Å². The average molecular weight is 276 g/mol. The van der Waals surface area contributed by atoms with Crippen molar-refractivity contribution in [2.24, 2.45) is 0 Å². The molecule has 3 rings (SSSR count). The molecule has 20 heavy (non-hydrogen) atoms. The van der Waals surface area contributed by atoms with Crippen molar-refractivity contribution < 1.29 is 9.47 Å². The predicted molar refractivity (Wildman–Crippen MR) is 79.7 cm³/mol. The van der Waals surface area contributed by atoms with Crippen LogP contribution in [0.4, 0.5) is 0 Å². The van der Waals surface area contributed by atoms with Crippen LogP contribution in [0.1, 0.15) is 18.9 Å². The van der Waals surface area contributed by atoms with E-state index in [9.17, 15) is 0 Å². The van der Waals surface area contributed by atoms with Gasteiger partial charge >= 0.3 is 0 Å². The first-order valence-corrected chi connectivity index (χ1v) is 7.65. The van der Waals surface area contributed by atoms with Crippen molar-refractivity contribution in [3.05, 3.63) is 23.8 Å². The summed E-state index contributed by atoms with van der Waals surface area (Å²) < 4.78 is 11.2. The van der Waals surface area contributed by atoms with Gasteiger partial charge in [-0.1, -0.05) is 6.07 Å². The lowest BCUT2D eigenvalue weighted by molar-refractivity contribution is 0.171. The Hall–Kier alpha value is -1.26. The molecule has 1 atom stereocenters. The van der Waals surface area contributed by atoms with Crippen LogP contribution in [0.25, 0.3) is 0 Å². The third-order valence-corrected chi connectivity index (χ3v) is 4.12. The van der Waals surface area contributed by atoms with Crippen molar-refractivity contribution >= 4 is 0 Å². The number of nitrogens with zero attached hydrogens (tertiary/aromatic N) is 1. The number of ether oxygens (including phenoxy) is 2. The molecule has 0 bridgehead atoms. The summed E-state index contributed by atoms with van der Waals surface area (Å²) in [5, 5.41) is 3.54. The molecule has 0 amide bonds. The van der Waals surface area contributed by atoms with Crippen LogP contribution in [0.5, 0.6) is 11.5 Å². The molecular weight excluding hydrogens is 252 g/mol. The van der Waals surface area contributed by atoms with E-state index in [0.717, 1.165) is 37.6 Å². The molecule has 2 aliphatic rings. The maximum atomic E-state index is 5.64. The second-order valence-electron chi connectivity index (χ2n) is 5.71. The minimum Gasteiger partial charge on any atom is -0.486 e. The van der Waals surface area contributed by atoms with E-state index in [1.165, 1.54) is 18.5 Å². The standard InChI is InChI=1S/C16H24N2O2/c1-13-4-7-18(9-6-17-13)8-5-14-2-3-15-16(12-14)20-11-10-19-15/h2-3,12-13,17H,4-11H2,1H3. The molecule has 110 valence electrons. The fourth-order valence-corrected chi connectivity index (χ4v) is 2.81. The zero-order valence-corrected chi connectivity index (χ0v) is 12.2. The zero-order valence-electron chi connectivity index (χ0n) is 12.2. The lowest BCUT2D eigenvalue weighted by Crippen LogP contribution is -2.30. The number of hydrogen-bond donors (Lipinski definition) is 1. The lowest BCUT2D eigenvalue weighted by Gasteiger charge is -2.21. The highest BCUT2D eigenvalue weighted by Crippen LogP contribution is 2.30. The Bertz CT molecular complexity index is 450. The minimum absolute atomic E-state index is 0.647. The molecule has 2 aliphatic heterocycles. The maximum absolute atomic E-state index is 5.64. The van der Waals surface area contributed by atoms with E-state index in [2.05, 4.69) is 29.3 Å². The number of nitrogens with one attached hydrogen (secondary N) is 1. The summed E-state index contributed by atoms with van der Waals surface area (Å²) in [5.41, 5.74) is 1.33. The van der Waals surface area contributed by atoms with Crippen LogP contribution in [-0.2, 0) is 6.42 Å². The predicted octanol–water partition coefficient (Wildman–Crippen LogP) is 1.68. The van der Waals surface area contributed by atoms with Gasteiger partial charge in [-0.3, -0.25) is 0 Å². The van der Waals surface area contributed by atoms with Crippen LogP contribution < -0.4 is 14.8 Å². The van der Waals surface area contributed by atoms with Gasteiger partial charge in [0.25, 0.3) is 0 Å². The van der Waals surface area contributed by atoms with Crippen molar-refractivity contribution in [1.29, 1.82) is 0 Å². The van der Waals surface area contributed by atoms with E-state index in [1.807, 2.05) is 6.07 Å². The van der Waals surface area contributed by atoms with Gasteiger partial charge in [-0.05, 0) is 44.0 Å². The average Bonchev–Trinajstić information content (AvgIpc) is 2.69. The molecule has 0 aromatic heterocycles. The molecule has 4 heteroatoms. The first kappa shape index (κ1) is 13.7. The summed E-state index contributed by atoms with van der Waals surface area (Å²) in [6.07, 6.45) is 2.31. The molecule has 1 N–H and O–H groups in total. The van der Waals surface area contributed by atoms with Crippen LogP contribution in [0.3, 0.4) is 0 Å². The normalized spacial score (nSPS) is 23.4. The summed E-state index contributed by atoms with van der Waals surface area (Å²) in [5.74, 6) is 1.78. The molecule has 1 fully saturated rings. The molecular formula is C16H24N2O2. The van der Waals surface area contributed by atoms with Crippen LogP contribution >= 0.6 is 0 Å². The van der Waals surface area contributed by atoms with Crippen molar-refractivity contribution in [1.82, 2.24) is 10.2 Å². The van der Waals surface area contributed by atoms with Gasteiger partial charge in [-0.25, -0.2) is 0 Å². The number of rotatable bonds is 3. The molecule has 0 radical (unpaired) electrons. The Morgan fingerprint density at radius 1 is 1.20 bits per heavy atom. The molecule has 2 heterocycles. The SMILES string of the molecule is CC1CCN(CCc2ccc3c(c2)OCCO3)CCN1. The second-order valence-corrected chi connectivity index (χ2v) is 5.71. The van der Waals surface area contributed by atoms with Crippen molar-refractivity contribution in [2.75, 3.05) is 39.4 Å². The number of benzene rings is 1. The monoisotopic (exact) mass is 276 g/mol. The Balaban J connectivity index is 1.55. The van der Waals surface area contributed by atoms with Crippen molar-refractivity contribution in [3.63, 3.8) is 0 Å². The Kier molecular flexibility index (Phi) is 4.43. The van der Waals surface area contributed by atoms with Crippen LogP contribution in [0.15, 0.2) is 18.2 Å². The van der Waals surface area contributed by atoms with Gasteiger partial charge in [0.05, 0.1) is 0 Å². The van der Waals surface area contributed by atoms with Gasteiger partial charge in [-0.15, -0.1) is 0 Å². The molecule has 1 aromatic carbocycles. The fourth-order valence-electron chi connectivity index (χ4n) is 2.81. The molecule has 0 aliphatic carbocycles. The Labute approximate surface area is 121 Å². The summed E-state index contributed by atoms with van der Waals surface area (Å²) in [6.45, 7) is 8.14. The van der Waals surface area contributed by atoms with E-state index in [4.69, 9.17) is 9.47 Å². The second kappa shape index (κ2) is 6.46. The highest BCUT2D eigenvalue weighted by Gasteiger charge is 2.14. The van der Waals surface area contributed by atoms with Crippen LogP contribution in [-0.4, -0.2) is 50.3 Å². The van der Waals surface area contributed by atoms with E-state index in [0.29, 0.717) is 19.3 Å². The van der Waals surface area contributed by atoms with Gasteiger partial charge in [0, 0.05) is 25.7 Å². The third kappa shape index (κ3) is 3.44. The van der Waals surface area contributed by atoms with Gasteiger partial charge in [0.2, 0.25) is 0 Å². The molecule has 0 saturated carbocycles. The maximum Gasteiger partial charge on any atom is 0.161 e. The van der Waals surface area contributed by atoms with Gasteiger partial charge < -0.3 is 19.7 Å². The fraction of sp³-hybridized carbons (Fsp3) is 0.625. The summed E-state index contributed by atoms with van der Waals surface area (Å²) >= 11 is 0. The van der Waals surface area contributed by atoms with Crippen molar-refractivity contribution in [3.8, 4) is 11.5 Å². The number of fused-ring (bicyclic) bond motifs is 1. The highest BCUT2D eigenvalue weighted by atomic mass is 16.6. The smallest absolute Gasteiger partial charge is 0.161 e. The van der Waals surface area contributed by atoms with E-state index < -0.39 is 0 Å². The summed E-state index contributed by atoms with van der Waals surface area (Å²) in [6, 6.07) is 6.98. The topological polar surface area (TPSA) is 33.7 Å². The molecule has 1 unspecified atom stereocenters. The third-order valence-electron chi connectivity index (χ3n) is 4.12. The first-order chi connectivity index (χ1) is 9.81. The van der Waals surface area contributed by atoms with Crippen LogP contribution in [0, 0.1) is 0 Å². The molecule has 0 spiro atoms. The quantitative estimate of drug-likeness (QED) is 0.911. The molecule has 1 saturated heterocycles. The Morgan fingerprint density at radius 2 is 2.05 bits per heavy atom. The first-order valence-electron chi connectivity index (χ1n) is 7.65. The number of hydrogen-bond acceptors (Lipinski definition) is 4. The van der Waals surface area contributed by atoms with Gasteiger partial charge in [0.15, 0.2) is 11.5 Å². The molecule has 4 nitrogen and oxygen atoms in total. The summed E-state index contributed by atoms with van der Waals surface area (Å²) in [4.78, 5) is 2.55. The van der Waals surface area contributed by atoms with Gasteiger partial charge in [0.1, 0.15) is 13.2 Å². The Morgan fingerprint density at radius 3 is 2.95 bits per heavy atom.